The summed E-state index contributed by atoms with van der Waals surface area (Å²) in [6.45, 7) is 0.987. The Labute approximate surface area is 120 Å². The number of halogens is 1. The molecule has 0 bridgehead atoms. The first-order chi connectivity index (χ1) is 9.22. The van der Waals surface area contributed by atoms with Crippen molar-refractivity contribution < 1.29 is 14.3 Å². The van der Waals surface area contributed by atoms with E-state index in [0.717, 1.165) is 18.3 Å². The Morgan fingerprint density at radius 1 is 1.32 bits per heavy atom. The Balaban J connectivity index is 1.61. The van der Waals surface area contributed by atoms with Gasteiger partial charge < -0.3 is 14.8 Å². The van der Waals surface area contributed by atoms with Crippen LogP contribution in [0.15, 0.2) is 18.2 Å². The molecule has 1 aromatic carbocycles. The average Bonchev–Trinajstić information content (AvgIpc) is 3.02. The molecule has 1 heterocycles. The lowest BCUT2D eigenvalue weighted by Crippen LogP contribution is -2.30. The van der Waals surface area contributed by atoms with Crippen LogP contribution in [0, 0.1) is 5.41 Å². The van der Waals surface area contributed by atoms with Gasteiger partial charge in [-0.2, -0.15) is 0 Å². The molecule has 102 valence electrons. The van der Waals surface area contributed by atoms with Gasteiger partial charge in [0, 0.05) is 17.4 Å². The zero-order chi connectivity index (χ0) is 13.3. The van der Waals surface area contributed by atoms with E-state index in [9.17, 15) is 4.79 Å². The highest BCUT2D eigenvalue weighted by atomic mass is 79.9. The standard InChI is InChI=1S/C14H16BrNO3/c15-6-5-14(3-4-14)8-16-13(17)10-1-2-11-12(7-10)19-9-18-11/h1-2,7H,3-6,8-9H2,(H,16,17). The van der Waals surface area contributed by atoms with Gasteiger partial charge in [0.05, 0.1) is 0 Å². The van der Waals surface area contributed by atoms with Crippen molar-refractivity contribution in [2.24, 2.45) is 5.41 Å². The van der Waals surface area contributed by atoms with Gasteiger partial charge in [0.15, 0.2) is 11.5 Å². The van der Waals surface area contributed by atoms with Gasteiger partial charge in [0.1, 0.15) is 0 Å². The molecule has 5 heteroatoms. The summed E-state index contributed by atoms with van der Waals surface area (Å²) in [5, 5.41) is 4.01. The zero-order valence-electron chi connectivity index (χ0n) is 10.6. The first-order valence-electron chi connectivity index (χ1n) is 6.46. The number of amides is 1. The van der Waals surface area contributed by atoms with Crippen LogP contribution in [0.1, 0.15) is 29.6 Å². The number of alkyl halides is 1. The van der Waals surface area contributed by atoms with Crippen molar-refractivity contribution in [2.75, 3.05) is 18.7 Å². The normalized spacial score (nSPS) is 18.2. The number of nitrogens with one attached hydrogen (secondary N) is 1. The van der Waals surface area contributed by atoms with Crippen molar-refractivity contribution in [3.63, 3.8) is 0 Å². The first kappa shape index (κ1) is 12.8. The number of hydrogen-bond donors (Lipinski definition) is 1. The second kappa shape index (κ2) is 5.04. The summed E-state index contributed by atoms with van der Waals surface area (Å²) in [7, 11) is 0. The quantitative estimate of drug-likeness (QED) is 0.847. The Hall–Kier alpha value is -1.23. The van der Waals surface area contributed by atoms with E-state index in [4.69, 9.17) is 9.47 Å². The lowest BCUT2D eigenvalue weighted by Gasteiger charge is -2.14. The molecule has 1 N–H and O–H groups in total. The number of benzene rings is 1. The fourth-order valence-corrected chi connectivity index (χ4v) is 3.14. The van der Waals surface area contributed by atoms with Crippen molar-refractivity contribution in [3.05, 3.63) is 23.8 Å². The molecule has 1 aromatic rings. The summed E-state index contributed by atoms with van der Waals surface area (Å²) in [5.41, 5.74) is 0.953. The van der Waals surface area contributed by atoms with E-state index < -0.39 is 0 Å². The SMILES string of the molecule is O=C(NCC1(CCBr)CC1)c1ccc2c(c1)OCO2. The topological polar surface area (TPSA) is 47.6 Å². The molecular weight excluding hydrogens is 310 g/mol. The lowest BCUT2D eigenvalue weighted by molar-refractivity contribution is 0.0944. The highest BCUT2D eigenvalue weighted by molar-refractivity contribution is 9.09. The minimum absolute atomic E-state index is 0.0425. The van der Waals surface area contributed by atoms with Gasteiger partial charge in [0.2, 0.25) is 6.79 Å². The van der Waals surface area contributed by atoms with Crippen LogP contribution in [0.5, 0.6) is 11.5 Å². The molecule has 4 nitrogen and oxygen atoms in total. The van der Waals surface area contributed by atoms with E-state index >= 15 is 0 Å². The third-order valence-corrected chi connectivity index (χ3v) is 4.24. The minimum atomic E-state index is -0.0425. The summed E-state index contributed by atoms with van der Waals surface area (Å²) in [6, 6.07) is 5.29. The second-order valence-electron chi connectivity index (χ2n) is 5.19. The van der Waals surface area contributed by atoms with E-state index in [1.165, 1.54) is 12.8 Å². The Bertz CT molecular complexity index is 499. The number of rotatable bonds is 5. The van der Waals surface area contributed by atoms with Crippen molar-refractivity contribution in [1.82, 2.24) is 5.32 Å². The van der Waals surface area contributed by atoms with Gasteiger partial charge in [-0.1, -0.05) is 15.9 Å². The zero-order valence-corrected chi connectivity index (χ0v) is 12.2. The number of ether oxygens (including phenoxy) is 2. The third-order valence-electron chi connectivity index (χ3n) is 3.84. The maximum absolute atomic E-state index is 12.1. The molecule has 3 rings (SSSR count). The summed E-state index contributed by atoms with van der Waals surface area (Å²) in [5.74, 6) is 1.31. The van der Waals surface area contributed by atoms with Gasteiger partial charge >= 0.3 is 0 Å². The van der Waals surface area contributed by atoms with Crippen molar-refractivity contribution in [3.8, 4) is 11.5 Å². The van der Waals surface area contributed by atoms with E-state index in [2.05, 4.69) is 21.2 Å². The molecule has 1 amide bonds. The molecule has 1 aliphatic heterocycles. The van der Waals surface area contributed by atoms with Crippen molar-refractivity contribution in [2.45, 2.75) is 19.3 Å². The van der Waals surface area contributed by atoms with Crippen LogP contribution in [0.25, 0.3) is 0 Å². The van der Waals surface area contributed by atoms with Gasteiger partial charge in [-0.3, -0.25) is 4.79 Å². The second-order valence-corrected chi connectivity index (χ2v) is 5.98. The predicted molar refractivity (Wildman–Crippen MR) is 75.0 cm³/mol. The highest BCUT2D eigenvalue weighted by Gasteiger charge is 2.41. The molecule has 0 unspecified atom stereocenters. The van der Waals surface area contributed by atoms with E-state index in [1.807, 2.05) is 0 Å². The van der Waals surface area contributed by atoms with Gasteiger partial charge in [-0.05, 0) is 42.9 Å². The van der Waals surface area contributed by atoms with Crippen LogP contribution in [0.2, 0.25) is 0 Å². The molecular formula is C14H16BrNO3. The van der Waals surface area contributed by atoms with Gasteiger partial charge in [0.25, 0.3) is 5.91 Å². The molecule has 1 fully saturated rings. The summed E-state index contributed by atoms with van der Waals surface area (Å²) < 4.78 is 10.5. The Morgan fingerprint density at radius 3 is 2.84 bits per heavy atom. The largest absolute Gasteiger partial charge is 0.454 e. The predicted octanol–water partition coefficient (Wildman–Crippen LogP) is 2.71. The molecule has 1 saturated carbocycles. The van der Waals surface area contributed by atoms with Crippen molar-refractivity contribution >= 4 is 21.8 Å². The molecule has 2 aliphatic rings. The average molecular weight is 326 g/mol. The third kappa shape index (κ3) is 2.71. The van der Waals surface area contributed by atoms with Crippen LogP contribution in [0.3, 0.4) is 0 Å². The Kier molecular flexibility index (Phi) is 3.39. The summed E-state index contributed by atoms with van der Waals surface area (Å²) in [4.78, 5) is 12.1. The molecule has 0 aromatic heterocycles. The van der Waals surface area contributed by atoms with Crippen molar-refractivity contribution in [1.29, 1.82) is 0 Å². The number of fused-ring (bicyclic) bond motifs is 1. The Morgan fingerprint density at radius 2 is 2.11 bits per heavy atom. The van der Waals surface area contributed by atoms with Crippen LogP contribution in [-0.2, 0) is 0 Å². The molecule has 0 atom stereocenters. The van der Waals surface area contributed by atoms with Crippen LogP contribution >= 0.6 is 15.9 Å². The molecule has 0 spiro atoms. The number of carbonyl (C=O) groups excluding carboxylic acids is 1. The maximum Gasteiger partial charge on any atom is 0.251 e. The van der Waals surface area contributed by atoms with Gasteiger partial charge in [-0.15, -0.1) is 0 Å². The van der Waals surface area contributed by atoms with E-state index in [1.54, 1.807) is 18.2 Å². The fourth-order valence-electron chi connectivity index (χ4n) is 2.30. The monoisotopic (exact) mass is 325 g/mol. The highest BCUT2D eigenvalue weighted by Crippen LogP contribution is 2.48. The van der Waals surface area contributed by atoms with Crippen LogP contribution in [-0.4, -0.2) is 24.6 Å². The number of carbonyl (C=O) groups is 1. The fraction of sp³-hybridized carbons (Fsp3) is 0.500. The van der Waals surface area contributed by atoms with E-state index in [0.29, 0.717) is 22.5 Å². The molecule has 0 saturated heterocycles. The van der Waals surface area contributed by atoms with Gasteiger partial charge in [-0.25, -0.2) is 0 Å². The summed E-state index contributed by atoms with van der Waals surface area (Å²) >= 11 is 3.47. The minimum Gasteiger partial charge on any atom is -0.454 e. The number of hydrogen-bond acceptors (Lipinski definition) is 3. The lowest BCUT2D eigenvalue weighted by atomic mass is 10.0. The summed E-state index contributed by atoms with van der Waals surface area (Å²) in [6.07, 6.45) is 3.54. The van der Waals surface area contributed by atoms with Crippen LogP contribution in [0.4, 0.5) is 0 Å². The smallest absolute Gasteiger partial charge is 0.251 e. The molecule has 19 heavy (non-hydrogen) atoms. The maximum atomic E-state index is 12.1. The van der Waals surface area contributed by atoms with E-state index in [-0.39, 0.29) is 12.7 Å². The molecule has 0 radical (unpaired) electrons. The van der Waals surface area contributed by atoms with Crippen LogP contribution < -0.4 is 14.8 Å². The first-order valence-corrected chi connectivity index (χ1v) is 7.58. The molecule has 1 aliphatic carbocycles.